The van der Waals surface area contributed by atoms with Gasteiger partial charge in [-0.25, -0.2) is 9.37 Å². The zero-order chi connectivity index (χ0) is 14.4. The molecule has 1 fully saturated rings. The Morgan fingerprint density at radius 2 is 2.10 bits per heavy atom. The second-order valence-corrected chi connectivity index (χ2v) is 6.33. The van der Waals surface area contributed by atoms with Crippen molar-refractivity contribution in [3.8, 4) is 11.1 Å². The Hall–Kier alpha value is -2.01. The molecule has 0 aliphatic heterocycles. The molecule has 1 aliphatic carbocycles. The number of halogens is 1. The molecule has 21 heavy (non-hydrogen) atoms. The van der Waals surface area contributed by atoms with Crippen LogP contribution in [0.4, 0.5) is 4.39 Å². The average molecular weight is 300 g/mol. The van der Waals surface area contributed by atoms with Crippen molar-refractivity contribution in [2.24, 2.45) is 5.92 Å². The molecule has 0 spiro atoms. The van der Waals surface area contributed by atoms with Crippen molar-refractivity contribution < 1.29 is 4.39 Å². The quantitative estimate of drug-likeness (QED) is 0.739. The fourth-order valence-corrected chi connectivity index (χ4v) is 3.49. The van der Waals surface area contributed by atoms with Gasteiger partial charge in [0.15, 0.2) is 0 Å². The number of hydrogen-bond donors (Lipinski definition) is 0. The first-order valence-corrected chi connectivity index (χ1v) is 7.83. The summed E-state index contributed by atoms with van der Waals surface area (Å²) in [5.41, 5.74) is 1.78. The van der Waals surface area contributed by atoms with E-state index in [1.807, 2.05) is 5.38 Å². The normalized spacial score (nSPS) is 14.7. The number of nitrogens with zero attached hydrogens (tertiary/aromatic N) is 2. The summed E-state index contributed by atoms with van der Waals surface area (Å²) in [6, 6.07) is 6.58. The van der Waals surface area contributed by atoms with Crippen molar-refractivity contribution in [3.63, 3.8) is 0 Å². The SMILES string of the molecule is O=c1c2scc(-c3ccccc3F)c2ncn1CC1CC1. The number of aromatic nitrogens is 2. The zero-order valence-corrected chi connectivity index (χ0v) is 12.1. The lowest BCUT2D eigenvalue weighted by atomic mass is 10.1. The Kier molecular flexibility index (Phi) is 2.89. The smallest absolute Gasteiger partial charge is 0.271 e. The van der Waals surface area contributed by atoms with Crippen LogP contribution >= 0.6 is 11.3 Å². The summed E-state index contributed by atoms with van der Waals surface area (Å²) in [4.78, 5) is 16.9. The third-order valence-electron chi connectivity index (χ3n) is 3.86. The Balaban J connectivity index is 1.87. The van der Waals surface area contributed by atoms with Crippen LogP contribution in [0.15, 0.2) is 40.8 Å². The fraction of sp³-hybridized carbons (Fsp3) is 0.250. The molecule has 0 radical (unpaired) electrons. The molecule has 1 aliphatic rings. The van der Waals surface area contributed by atoms with Gasteiger partial charge in [0.25, 0.3) is 5.56 Å². The summed E-state index contributed by atoms with van der Waals surface area (Å²) >= 11 is 1.34. The minimum Gasteiger partial charge on any atom is -0.298 e. The topological polar surface area (TPSA) is 34.9 Å². The van der Waals surface area contributed by atoms with Crippen LogP contribution in [-0.2, 0) is 6.54 Å². The third-order valence-corrected chi connectivity index (χ3v) is 4.82. The fourth-order valence-electron chi connectivity index (χ4n) is 2.52. The van der Waals surface area contributed by atoms with Gasteiger partial charge in [-0.1, -0.05) is 18.2 Å². The van der Waals surface area contributed by atoms with E-state index in [0.717, 1.165) is 6.54 Å². The van der Waals surface area contributed by atoms with Crippen molar-refractivity contribution in [1.29, 1.82) is 0 Å². The molecule has 3 aromatic rings. The van der Waals surface area contributed by atoms with E-state index in [4.69, 9.17) is 0 Å². The second-order valence-electron chi connectivity index (χ2n) is 5.45. The highest BCUT2D eigenvalue weighted by atomic mass is 32.1. The highest BCUT2D eigenvalue weighted by Crippen LogP contribution is 2.33. The van der Waals surface area contributed by atoms with E-state index >= 15 is 0 Å². The van der Waals surface area contributed by atoms with E-state index in [0.29, 0.717) is 27.3 Å². The number of hydrogen-bond acceptors (Lipinski definition) is 3. The molecule has 0 saturated heterocycles. The monoisotopic (exact) mass is 300 g/mol. The van der Waals surface area contributed by atoms with Gasteiger partial charge in [-0.2, -0.15) is 0 Å². The number of benzene rings is 1. The van der Waals surface area contributed by atoms with Crippen LogP contribution in [-0.4, -0.2) is 9.55 Å². The molecule has 0 unspecified atom stereocenters. The largest absolute Gasteiger partial charge is 0.298 e. The molecule has 5 heteroatoms. The minimum absolute atomic E-state index is 0.0144. The van der Waals surface area contributed by atoms with Gasteiger partial charge in [0.2, 0.25) is 0 Å². The Bertz CT molecular complexity index is 879. The van der Waals surface area contributed by atoms with E-state index in [9.17, 15) is 9.18 Å². The zero-order valence-electron chi connectivity index (χ0n) is 11.3. The van der Waals surface area contributed by atoms with Gasteiger partial charge in [0.05, 0.1) is 11.8 Å². The molecule has 2 aromatic heterocycles. The number of thiophene rings is 1. The van der Waals surface area contributed by atoms with E-state index in [-0.39, 0.29) is 11.4 Å². The maximum atomic E-state index is 13.9. The summed E-state index contributed by atoms with van der Waals surface area (Å²) in [6.07, 6.45) is 3.98. The number of fused-ring (bicyclic) bond motifs is 1. The van der Waals surface area contributed by atoms with E-state index in [1.165, 1.54) is 30.2 Å². The Morgan fingerprint density at radius 1 is 1.29 bits per heavy atom. The summed E-state index contributed by atoms with van der Waals surface area (Å²) in [6.45, 7) is 0.745. The lowest BCUT2D eigenvalue weighted by Gasteiger charge is -2.04. The van der Waals surface area contributed by atoms with Crippen molar-refractivity contribution in [2.45, 2.75) is 19.4 Å². The maximum absolute atomic E-state index is 13.9. The first kappa shape index (κ1) is 12.7. The molecule has 0 amide bonds. The maximum Gasteiger partial charge on any atom is 0.271 e. The molecular weight excluding hydrogens is 287 g/mol. The average Bonchev–Trinajstić information content (AvgIpc) is 3.20. The van der Waals surface area contributed by atoms with E-state index < -0.39 is 0 Å². The molecule has 1 aromatic carbocycles. The van der Waals surface area contributed by atoms with Crippen LogP contribution in [0.5, 0.6) is 0 Å². The standard InChI is InChI=1S/C16H13FN2OS/c17-13-4-2-1-3-11(13)12-8-21-15-14(12)18-9-19(16(15)20)7-10-5-6-10/h1-4,8-10H,5-7H2. The molecule has 1 saturated carbocycles. The Labute approximate surface area is 124 Å². The Morgan fingerprint density at radius 3 is 2.86 bits per heavy atom. The van der Waals surface area contributed by atoms with Crippen LogP contribution in [0, 0.1) is 11.7 Å². The van der Waals surface area contributed by atoms with Gasteiger partial charge < -0.3 is 0 Å². The first-order valence-electron chi connectivity index (χ1n) is 6.95. The summed E-state index contributed by atoms with van der Waals surface area (Å²) < 4.78 is 16.2. The molecule has 0 atom stereocenters. The second kappa shape index (κ2) is 4.77. The van der Waals surface area contributed by atoms with Crippen molar-refractivity contribution in [2.75, 3.05) is 0 Å². The highest BCUT2D eigenvalue weighted by molar-refractivity contribution is 7.17. The predicted octanol–water partition coefficient (Wildman–Crippen LogP) is 3.67. The van der Waals surface area contributed by atoms with Gasteiger partial charge in [-0.3, -0.25) is 9.36 Å². The van der Waals surface area contributed by atoms with Crippen LogP contribution in [0.1, 0.15) is 12.8 Å². The summed E-state index contributed by atoms with van der Waals surface area (Å²) in [5.74, 6) is 0.328. The highest BCUT2D eigenvalue weighted by Gasteiger charge is 2.23. The van der Waals surface area contributed by atoms with Crippen LogP contribution in [0.25, 0.3) is 21.3 Å². The molecular formula is C16H13FN2OS. The van der Waals surface area contributed by atoms with Crippen molar-refractivity contribution >= 4 is 21.6 Å². The van der Waals surface area contributed by atoms with Crippen LogP contribution in [0.2, 0.25) is 0 Å². The molecule has 4 rings (SSSR count). The van der Waals surface area contributed by atoms with Crippen molar-refractivity contribution in [1.82, 2.24) is 9.55 Å². The van der Waals surface area contributed by atoms with Gasteiger partial charge in [-0.15, -0.1) is 11.3 Å². The molecule has 0 bridgehead atoms. The summed E-state index contributed by atoms with van der Waals surface area (Å²) in [7, 11) is 0. The minimum atomic E-state index is -0.291. The number of rotatable bonds is 3. The molecule has 3 nitrogen and oxygen atoms in total. The van der Waals surface area contributed by atoms with E-state index in [1.54, 1.807) is 29.1 Å². The lowest BCUT2D eigenvalue weighted by molar-refractivity contribution is 0.602. The third kappa shape index (κ3) is 2.17. The summed E-state index contributed by atoms with van der Waals surface area (Å²) in [5, 5.41) is 1.82. The molecule has 106 valence electrons. The first-order chi connectivity index (χ1) is 10.2. The van der Waals surface area contributed by atoms with E-state index in [2.05, 4.69) is 4.98 Å². The van der Waals surface area contributed by atoms with Crippen LogP contribution < -0.4 is 5.56 Å². The van der Waals surface area contributed by atoms with Gasteiger partial charge in [-0.05, 0) is 24.8 Å². The van der Waals surface area contributed by atoms with Gasteiger partial charge in [0, 0.05) is 23.1 Å². The molecule has 0 N–H and O–H groups in total. The van der Waals surface area contributed by atoms with Gasteiger partial charge >= 0.3 is 0 Å². The van der Waals surface area contributed by atoms with Gasteiger partial charge in [0.1, 0.15) is 10.5 Å². The predicted molar refractivity (Wildman–Crippen MR) is 82.0 cm³/mol. The molecule has 2 heterocycles. The van der Waals surface area contributed by atoms with Crippen LogP contribution in [0.3, 0.4) is 0 Å². The van der Waals surface area contributed by atoms with Crippen molar-refractivity contribution in [3.05, 3.63) is 52.1 Å². The lowest BCUT2D eigenvalue weighted by Crippen LogP contribution is -2.20.